The third-order valence-electron chi connectivity index (χ3n) is 4.97. The van der Waals surface area contributed by atoms with Crippen LogP contribution in [0.2, 0.25) is 0 Å². The van der Waals surface area contributed by atoms with E-state index in [0.29, 0.717) is 18.5 Å². The predicted molar refractivity (Wildman–Crippen MR) is 120 cm³/mol. The fraction of sp³-hybridized carbons (Fsp3) is 0.333. The van der Waals surface area contributed by atoms with E-state index < -0.39 is 5.82 Å². The van der Waals surface area contributed by atoms with Gasteiger partial charge in [0.15, 0.2) is 11.6 Å². The van der Waals surface area contributed by atoms with Gasteiger partial charge in [-0.25, -0.2) is 4.39 Å². The number of nitrogens with zero attached hydrogens (tertiary/aromatic N) is 3. The summed E-state index contributed by atoms with van der Waals surface area (Å²) in [5.41, 5.74) is 2.22. The number of nitrogens with one attached hydrogen (secondary N) is 1. The van der Waals surface area contributed by atoms with Crippen LogP contribution in [0.3, 0.4) is 0 Å². The molecular weight excluding hydrogens is 395 g/mol. The van der Waals surface area contributed by atoms with Gasteiger partial charge < -0.3 is 15.0 Å². The fourth-order valence-electron chi connectivity index (χ4n) is 3.21. The zero-order valence-electron chi connectivity index (χ0n) is 18.2. The molecule has 7 heteroatoms. The van der Waals surface area contributed by atoms with Crippen molar-refractivity contribution in [3.8, 4) is 17.0 Å². The number of hydrogen-bond donors (Lipinski definition) is 1. The lowest BCUT2D eigenvalue weighted by molar-refractivity contribution is 0.0925. The zero-order valence-corrected chi connectivity index (χ0v) is 18.2. The van der Waals surface area contributed by atoms with Gasteiger partial charge in [0.1, 0.15) is 6.10 Å². The lowest BCUT2D eigenvalue weighted by atomic mass is 10.1. The van der Waals surface area contributed by atoms with Crippen molar-refractivity contribution < 1.29 is 13.9 Å². The summed E-state index contributed by atoms with van der Waals surface area (Å²) >= 11 is 0. The average Bonchev–Trinajstić information content (AvgIpc) is 3.21. The highest BCUT2D eigenvalue weighted by Gasteiger charge is 2.20. The van der Waals surface area contributed by atoms with Crippen LogP contribution in [-0.4, -0.2) is 53.9 Å². The maximum absolute atomic E-state index is 13.9. The van der Waals surface area contributed by atoms with Crippen LogP contribution in [-0.2, 0) is 6.54 Å². The van der Waals surface area contributed by atoms with Gasteiger partial charge in [-0.3, -0.25) is 9.48 Å². The first-order valence-corrected chi connectivity index (χ1v) is 10.4. The number of para-hydroxylation sites is 1. The van der Waals surface area contributed by atoms with E-state index in [2.05, 4.69) is 15.3 Å². The van der Waals surface area contributed by atoms with E-state index in [-0.39, 0.29) is 24.3 Å². The van der Waals surface area contributed by atoms with Gasteiger partial charge in [-0.15, -0.1) is 0 Å². The molecule has 0 bridgehead atoms. The molecule has 0 spiro atoms. The van der Waals surface area contributed by atoms with Gasteiger partial charge in [0.05, 0.1) is 30.5 Å². The summed E-state index contributed by atoms with van der Waals surface area (Å²) in [6.07, 6.45) is 1.89. The molecule has 0 fully saturated rings. The van der Waals surface area contributed by atoms with Gasteiger partial charge in [0.25, 0.3) is 5.91 Å². The van der Waals surface area contributed by atoms with Crippen molar-refractivity contribution in [3.63, 3.8) is 0 Å². The third-order valence-corrected chi connectivity index (χ3v) is 4.97. The van der Waals surface area contributed by atoms with E-state index in [4.69, 9.17) is 4.74 Å². The van der Waals surface area contributed by atoms with Gasteiger partial charge in [-0.1, -0.05) is 49.4 Å². The minimum absolute atomic E-state index is 0.185. The maximum atomic E-state index is 13.9. The molecule has 164 valence electrons. The summed E-state index contributed by atoms with van der Waals surface area (Å²) < 4.78 is 21.5. The summed E-state index contributed by atoms with van der Waals surface area (Å²) in [5.74, 6) is -0.462. The highest BCUT2D eigenvalue weighted by molar-refractivity contribution is 5.99. The Morgan fingerprint density at radius 2 is 1.87 bits per heavy atom. The second-order valence-electron chi connectivity index (χ2n) is 7.59. The Morgan fingerprint density at radius 3 is 2.55 bits per heavy atom. The van der Waals surface area contributed by atoms with Crippen LogP contribution in [0.5, 0.6) is 5.75 Å². The molecule has 1 aromatic heterocycles. The number of hydrogen-bond acceptors (Lipinski definition) is 4. The lowest BCUT2D eigenvalue weighted by Crippen LogP contribution is -2.35. The van der Waals surface area contributed by atoms with E-state index in [1.165, 1.54) is 6.07 Å². The first kappa shape index (κ1) is 22.5. The average molecular weight is 425 g/mol. The number of benzene rings is 2. The summed E-state index contributed by atoms with van der Waals surface area (Å²) in [6, 6.07) is 16.0. The minimum Gasteiger partial charge on any atom is -0.486 e. The SMILES string of the molecule is CC[C@H](CNC(=O)c1cnn(CCN(C)C)c1-c1ccccc1)Oc1ccccc1F. The molecule has 0 aliphatic heterocycles. The predicted octanol–water partition coefficient (Wildman–Crippen LogP) is 3.84. The molecule has 0 radical (unpaired) electrons. The topological polar surface area (TPSA) is 59.4 Å². The van der Waals surface area contributed by atoms with Gasteiger partial charge in [0, 0.05) is 12.1 Å². The largest absolute Gasteiger partial charge is 0.486 e. The molecule has 2 aromatic carbocycles. The van der Waals surface area contributed by atoms with Crippen molar-refractivity contribution in [1.29, 1.82) is 0 Å². The number of ether oxygens (including phenoxy) is 1. The van der Waals surface area contributed by atoms with Crippen LogP contribution in [0, 0.1) is 5.82 Å². The van der Waals surface area contributed by atoms with Crippen LogP contribution < -0.4 is 10.1 Å². The lowest BCUT2D eigenvalue weighted by Gasteiger charge is -2.19. The van der Waals surface area contributed by atoms with E-state index >= 15 is 0 Å². The van der Waals surface area contributed by atoms with Crippen molar-refractivity contribution in [2.45, 2.75) is 26.0 Å². The molecule has 0 saturated heterocycles. The normalized spacial score (nSPS) is 12.0. The fourth-order valence-corrected chi connectivity index (χ4v) is 3.21. The molecular formula is C24H29FN4O2. The zero-order chi connectivity index (χ0) is 22.2. The highest BCUT2D eigenvalue weighted by Crippen LogP contribution is 2.24. The van der Waals surface area contributed by atoms with Crippen LogP contribution in [0.15, 0.2) is 60.8 Å². The Hall–Kier alpha value is -3.19. The number of aromatic nitrogens is 2. The van der Waals surface area contributed by atoms with Crippen LogP contribution in [0.4, 0.5) is 4.39 Å². The molecule has 0 saturated carbocycles. The molecule has 31 heavy (non-hydrogen) atoms. The van der Waals surface area contributed by atoms with E-state index in [9.17, 15) is 9.18 Å². The minimum atomic E-state index is -0.416. The van der Waals surface area contributed by atoms with E-state index in [1.54, 1.807) is 24.4 Å². The molecule has 1 amide bonds. The maximum Gasteiger partial charge on any atom is 0.255 e. The number of likely N-dealkylation sites (N-methyl/N-ethyl adjacent to an activating group) is 1. The highest BCUT2D eigenvalue weighted by atomic mass is 19.1. The van der Waals surface area contributed by atoms with Gasteiger partial charge >= 0.3 is 0 Å². The Labute approximate surface area is 182 Å². The van der Waals surface area contributed by atoms with Crippen molar-refractivity contribution >= 4 is 5.91 Å². The van der Waals surface area contributed by atoms with Crippen LogP contribution in [0.1, 0.15) is 23.7 Å². The monoisotopic (exact) mass is 424 g/mol. The molecule has 1 atom stereocenters. The first-order chi connectivity index (χ1) is 15.0. The Bertz CT molecular complexity index is 988. The number of rotatable bonds is 10. The Kier molecular flexibility index (Phi) is 7.78. The number of amides is 1. The quantitative estimate of drug-likeness (QED) is 0.537. The Morgan fingerprint density at radius 1 is 1.16 bits per heavy atom. The molecule has 0 unspecified atom stereocenters. The van der Waals surface area contributed by atoms with Crippen molar-refractivity contribution in [2.24, 2.45) is 0 Å². The van der Waals surface area contributed by atoms with Crippen molar-refractivity contribution in [1.82, 2.24) is 20.0 Å². The van der Waals surface area contributed by atoms with E-state index in [1.807, 2.05) is 56.0 Å². The summed E-state index contributed by atoms with van der Waals surface area (Å²) in [7, 11) is 4.00. The molecule has 0 aliphatic rings. The number of carbonyl (C=O) groups excluding carboxylic acids is 1. The standard InChI is InChI=1S/C24H29FN4O2/c1-4-19(31-22-13-9-8-12-21(22)25)16-26-24(30)20-17-27-29(15-14-28(2)3)23(20)18-10-6-5-7-11-18/h5-13,17,19H,4,14-16H2,1-3H3,(H,26,30)/t19-/m1/s1. The molecule has 1 N–H and O–H groups in total. The van der Waals surface area contributed by atoms with Crippen molar-refractivity contribution in [3.05, 3.63) is 72.2 Å². The molecule has 3 aromatic rings. The molecule has 1 heterocycles. The second-order valence-corrected chi connectivity index (χ2v) is 7.59. The smallest absolute Gasteiger partial charge is 0.255 e. The summed E-state index contributed by atoms with van der Waals surface area (Å²) in [6.45, 7) is 3.67. The van der Waals surface area contributed by atoms with Gasteiger partial charge in [0.2, 0.25) is 0 Å². The van der Waals surface area contributed by atoms with Crippen LogP contribution >= 0.6 is 0 Å². The molecule has 3 rings (SSSR count). The number of halogens is 1. The first-order valence-electron chi connectivity index (χ1n) is 10.4. The number of carbonyl (C=O) groups is 1. The molecule has 0 aliphatic carbocycles. The van der Waals surface area contributed by atoms with Gasteiger partial charge in [-0.05, 0) is 32.6 Å². The van der Waals surface area contributed by atoms with Crippen LogP contribution in [0.25, 0.3) is 11.3 Å². The van der Waals surface area contributed by atoms with Crippen molar-refractivity contribution in [2.75, 3.05) is 27.2 Å². The molecule has 6 nitrogen and oxygen atoms in total. The Balaban J connectivity index is 1.75. The van der Waals surface area contributed by atoms with Gasteiger partial charge in [-0.2, -0.15) is 5.10 Å². The summed E-state index contributed by atoms with van der Waals surface area (Å²) in [4.78, 5) is 15.1. The second kappa shape index (κ2) is 10.7. The van der Waals surface area contributed by atoms with E-state index in [0.717, 1.165) is 17.8 Å². The summed E-state index contributed by atoms with van der Waals surface area (Å²) in [5, 5.41) is 7.39. The third kappa shape index (κ3) is 5.92.